The molecule has 1 aliphatic heterocycles. The van der Waals surface area contributed by atoms with Gasteiger partial charge in [0.2, 0.25) is 5.82 Å². The second-order valence-electron chi connectivity index (χ2n) is 4.85. The molecule has 9 heteroatoms. The highest BCUT2D eigenvalue weighted by Gasteiger charge is 2.39. The van der Waals surface area contributed by atoms with Gasteiger partial charge in [0.05, 0.1) is 6.54 Å². The number of nitrogens with zero attached hydrogens (tertiary/aromatic N) is 5. The van der Waals surface area contributed by atoms with E-state index in [9.17, 15) is 13.2 Å². The molecule has 2 aromatic heterocycles. The van der Waals surface area contributed by atoms with Gasteiger partial charge in [-0.2, -0.15) is 13.2 Å². The highest BCUT2D eigenvalue weighted by atomic mass is 19.4. The van der Waals surface area contributed by atoms with Gasteiger partial charge in [-0.05, 0) is 6.07 Å². The number of hydrogen-bond donors (Lipinski definition) is 1. The van der Waals surface area contributed by atoms with Crippen LogP contribution in [0.1, 0.15) is 17.2 Å². The molecule has 0 spiro atoms. The predicted octanol–water partition coefficient (Wildman–Crippen LogP) is 1.29. The van der Waals surface area contributed by atoms with Crippen molar-refractivity contribution >= 4 is 5.82 Å². The monoisotopic (exact) mass is 298 g/mol. The van der Waals surface area contributed by atoms with Crippen LogP contribution in [0.3, 0.4) is 0 Å². The van der Waals surface area contributed by atoms with Gasteiger partial charge in [-0.3, -0.25) is 4.90 Å². The molecule has 0 saturated carbocycles. The van der Waals surface area contributed by atoms with Gasteiger partial charge in [0, 0.05) is 31.4 Å². The van der Waals surface area contributed by atoms with Gasteiger partial charge in [-0.25, -0.2) is 4.98 Å². The maximum absolute atomic E-state index is 12.7. The second kappa shape index (κ2) is 4.99. The van der Waals surface area contributed by atoms with Crippen LogP contribution in [0.5, 0.6) is 0 Å². The van der Waals surface area contributed by atoms with E-state index in [-0.39, 0.29) is 6.54 Å². The Morgan fingerprint density at radius 1 is 1.24 bits per heavy atom. The summed E-state index contributed by atoms with van der Waals surface area (Å²) in [6.45, 7) is 1.51. The predicted molar refractivity (Wildman–Crippen MR) is 67.8 cm³/mol. The lowest BCUT2D eigenvalue weighted by Gasteiger charge is -2.28. The van der Waals surface area contributed by atoms with Crippen molar-refractivity contribution in [1.82, 2.24) is 24.6 Å². The highest BCUT2D eigenvalue weighted by molar-refractivity contribution is 5.38. The molecule has 3 rings (SSSR count). The summed E-state index contributed by atoms with van der Waals surface area (Å²) in [5.74, 6) is -0.186. The van der Waals surface area contributed by atoms with Crippen LogP contribution in [0.25, 0.3) is 0 Å². The maximum Gasteiger partial charge on any atom is 0.451 e. The Bertz CT molecular complexity index is 651. The smallest absolute Gasteiger partial charge is 0.383 e. The fraction of sp³-hybridized carbons (Fsp3) is 0.417. The zero-order valence-corrected chi connectivity index (χ0v) is 11.0. The van der Waals surface area contributed by atoms with E-state index >= 15 is 0 Å². The number of anilines is 1. The number of nitrogens with two attached hydrogens (primary N) is 1. The summed E-state index contributed by atoms with van der Waals surface area (Å²) in [6, 6.07) is 3.63. The molecule has 112 valence electrons. The molecular formula is C12H13F3N6. The zero-order valence-electron chi connectivity index (χ0n) is 11.0. The van der Waals surface area contributed by atoms with Crippen LogP contribution in [-0.4, -0.2) is 31.2 Å². The van der Waals surface area contributed by atoms with Crippen molar-refractivity contribution in [2.24, 2.45) is 0 Å². The summed E-state index contributed by atoms with van der Waals surface area (Å²) < 4.78 is 39.4. The molecule has 0 amide bonds. The molecule has 0 fully saturated rings. The molecule has 0 atom stereocenters. The van der Waals surface area contributed by atoms with Crippen LogP contribution in [-0.2, 0) is 25.8 Å². The number of rotatable bonds is 2. The minimum Gasteiger partial charge on any atom is -0.383 e. The van der Waals surface area contributed by atoms with E-state index in [4.69, 9.17) is 5.73 Å². The van der Waals surface area contributed by atoms with E-state index < -0.39 is 12.0 Å². The quantitative estimate of drug-likeness (QED) is 0.904. The van der Waals surface area contributed by atoms with E-state index in [1.54, 1.807) is 12.3 Å². The van der Waals surface area contributed by atoms with Crippen LogP contribution in [0.4, 0.5) is 19.0 Å². The van der Waals surface area contributed by atoms with Crippen molar-refractivity contribution < 1.29 is 13.2 Å². The van der Waals surface area contributed by atoms with Crippen molar-refractivity contribution in [2.45, 2.75) is 25.8 Å². The van der Waals surface area contributed by atoms with Crippen LogP contribution in [0.2, 0.25) is 0 Å². The van der Waals surface area contributed by atoms with Crippen LogP contribution in [0.15, 0.2) is 18.3 Å². The standard InChI is InChI=1S/C12H13F3N6/c13-12(14,15)11-19-18-9-7-20(4-5-21(9)11)6-8-2-1-3-17-10(8)16/h1-3H,4-7H2,(H2,16,17). The van der Waals surface area contributed by atoms with Crippen LogP contribution < -0.4 is 5.73 Å². The van der Waals surface area contributed by atoms with Crippen molar-refractivity contribution in [1.29, 1.82) is 0 Å². The number of nitrogen functional groups attached to an aromatic ring is 1. The summed E-state index contributed by atoms with van der Waals surface area (Å²) in [4.78, 5) is 5.96. The molecule has 2 N–H and O–H groups in total. The van der Waals surface area contributed by atoms with Crippen LogP contribution >= 0.6 is 0 Å². The SMILES string of the molecule is Nc1ncccc1CN1CCn2c(nnc2C(F)(F)F)C1. The third-order valence-electron chi connectivity index (χ3n) is 3.41. The number of aromatic nitrogens is 4. The Labute approximate surface area is 118 Å². The average Bonchev–Trinajstić information content (AvgIpc) is 2.84. The normalized spacial score (nSPS) is 16.0. The van der Waals surface area contributed by atoms with Crippen molar-refractivity contribution in [3.05, 3.63) is 35.5 Å². The topological polar surface area (TPSA) is 72.9 Å². The Morgan fingerprint density at radius 3 is 2.76 bits per heavy atom. The van der Waals surface area contributed by atoms with Gasteiger partial charge >= 0.3 is 6.18 Å². The maximum atomic E-state index is 12.7. The Morgan fingerprint density at radius 2 is 2.05 bits per heavy atom. The average molecular weight is 298 g/mol. The van der Waals surface area contributed by atoms with Gasteiger partial charge in [-0.1, -0.05) is 6.07 Å². The van der Waals surface area contributed by atoms with E-state index in [2.05, 4.69) is 15.2 Å². The zero-order chi connectivity index (χ0) is 15.0. The molecule has 0 bridgehead atoms. The Hall–Kier alpha value is -2.16. The molecule has 1 aliphatic rings. The Kier molecular flexibility index (Phi) is 3.28. The molecule has 3 heterocycles. The number of fused-ring (bicyclic) bond motifs is 1. The molecular weight excluding hydrogens is 285 g/mol. The lowest BCUT2D eigenvalue weighted by Crippen LogP contribution is -2.35. The summed E-state index contributed by atoms with van der Waals surface area (Å²) in [5.41, 5.74) is 6.62. The van der Waals surface area contributed by atoms with Gasteiger partial charge in [0.25, 0.3) is 0 Å². The minimum atomic E-state index is -4.47. The third kappa shape index (κ3) is 2.68. The molecule has 0 radical (unpaired) electrons. The number of hydrogen-bond acceptors (Lipinski definition) is 5. The first kappa shape index (κ1) is 13.8. The van der Waals surface area contributed by atoms with E-state index in [1.165, 1.54) is 0 Å². The number of halogens is 3. The summed E-state index contributed by atoms with van der Waals surface area (Å²) in [6.07, 6.45) is -2.87. The van der Waals surface area contributed by atoms with Crippen molar-refractivity contribution in [3.8, 4) is 0 Å². The first-order valence-electron chi connectivity index (χ1n) is 6.36. The molecule has 6 nitrogen and oxygen atoms in total. The van der Waals surface area contributed by atoms with E-state index in [0.29, 0.717) is 31.3 Å². The number of alkyl halides is 3. The second-order valence-corrected chi connectivity index (χ2v) is 4.85. The number of pyridine rings is 1. The fourth-order valence-electron chi connectivity index (χ4n) is 2.38. The highest BCUT2D eigenvalue weighted by Crippen LogP contribution is 2.29. The van der Waals surface area contributed by atoms with Gasteiger partial charge < -0.3 is 10.3 Å². The first-order valence-corrected chi connectivity index (χ1v) is 6.36. The molecule has 0 aliphatic carbocycles. The lowest BCUT2D eigenvalue weighted by molar-refractivity contribution is -0.148. The lowest BCUT2D eigenvalue weighted by atomic mass is 10.2. The molecule has 21 heavy (non-hydrogen) atoms. The fourth-order valence-corrected chi connectivity index (χ4v) is 2.38. The van der Waals surface area contributed by atoms with Gasteiger partial charge in [-0.15, -0.1) is 10.2 Å². The summed E-state index contributed by atoms with van der Waals surface area (Å²) in [7, 11) is 0. The summed E-state index contributed by atoms with van der Waals surface area (Å²) >= 11 is 0. The molecule has 0 saturated heterocycles. The minimum absolute atomic E-state index is 0.206. The molecule has 0 unspecified atom stereocenters. The van der Waals surface area contributed by atoms with E-state index in [0.717, 1.165) is 10.1 Å². The van der Waals surface area contributed by atoms with Crippen molar-refractivity contribution in [3.63, 3.8) is 0 Å². The largest absolute Gasteiger partial charge is 0.451 e. The van der Waals surface area contributed by atoms with Crippen LogP contribution in [0, 0.1) is 0 Å². The molecule has 2 aromatic rings. The third-order valence-corrected chi connectivity index (χ3v) is 3.41. The molecule has 0 aromatic carbocycles. The first-order chi connectivity index (χ1) is 9.95. The van der Waals surface area contributed by atoms with E-state index in [1.807, 2.05) is 11.0 Å². The summed E-state index contributed by atoms with van der Waals surface area (Å²) in [5, 5.41) is 6.89. The van der Waals surface area contributed by atoms with Crippen molar-refractivity contribution in [2.75, 3.05) is 12.3 Å². The van der Waals surface area contributed by atoms with Gasteiger partial charge in [0.15, 0.2) is 0 Å². The Balaban J connectivity index is 1.77. The van der Waals surface area contributed by atoms with Gasteiger partial charge in [0.1, 0.15) is 11.6 Å².